The maximum atomic E-state index is 12.4. The lowest BCUT2D eigenvalue weighted by Gasteiger charge is -2.47. The van der Waals surface area contributed by atoms with Crippen molar-refractivity contribution in [2.45, 2.75) is 25.7 Å². The van der Waals surface area contributed by atoms with Crippen LogP contribution >= 0.6 is 11.3 Å². The lowest BCUT2D eigenvalue weighted by Crippen LogP contribution is -2.50. The average molecular weight is 304 g/mol. The highest BCUT2D eigenvalue weighted by Gasteiger charge is 2.38. The molecule has 0 radical (unpaired) electrons. The minimum atomic E-state index is 0.182. The molecule has 0 atom stereocenters. The maximum Gasteiger partial charge on any atom is 0.246 e. The second-order valence-electron chi connectivity index (χ2n) is 6.52. The van der Waals surface area contributed by atoms with Gasteiger partial charge in [-0.2, -0.15) is 0 Å². The summed E-state index contributed by atoms with van der Waals surface area (Å²) in [6, 6.07) is 4.06. The van der Waals surface area contributed by atoms with Crippen molar-refractivity contribution in [1.82, 2.24) is 9.80 Å². The summed E-state index contributed by atoms with van der Waals surface area (Å²) < 4.78 is 0. The number of piperidine rings is 2. The van der Waals surface area contributed by atoms with Crippen LogP contribution in [-0.2, 0) is 4.79 Å². The molecule has 1 aromatic rings. The van der Waals surface area contributed by atoms with E-state index >= 15 is 0 Å². The first-order valence-electron chi connectivity index (χ1n) is 7.86. The van der Waals surface area contributed by atoms with E-state index in [1.807, 2.05) is 23.6 Å². The quantitative estimate of drug-likeness (QED) is 0.784. The van der Waals surface area contributed by atoms with Crippen LogP contribution in [0.4, 0.5) is 0 Å². The minimum absolute atomic E-state index is 0.182. The SMILES string of the molecule is CN1CCC2(CCCN(C(=O)/C=C/c3cccs3)C2)CC1. The molecule has 4 heteroatoms. The Morgan fingerprint density at radius 1 is 1.29 bits per heavy atom. The molecule has 21 heavy (non-hydrogen) atoms. The fraction of sp³-hybridized carbons (Fsp3) is 0.588. The Balaban J connectivity index is 1.61. The van der Waals surface area contributed by atoms with Crippen molar-refractivity contribution in [2.24, 2.45) is 5.41 Å². The summed E-state index contributed by atoms with van der Waals surface area (Å²) in [5.41, 5.74) is 0.386. The van der Waals surface area contributed by atoms with Gasteiger partial charge in [0.15, 0.2) is 0 Å². The second-order valence-corrected chi connectivity index (χ2v) is 7.49. The molecule has 2 aliphatic rings. The fourth-order valence-electron chi connectivity index (χ4n) is 3.54. The van der Waals surface area contributed by atoms with E-state index in [2.05, 4.69) is 16.8 Å². The van der Waals surface area contributed by atoms with Gasteiger partial charge < -0.3 is 9.80 Å². The fourth-order valence-corrected chi connectivity index (χ4v) is 4.16. The summed E-state index contributed by atoms with van der Waals surface area (Å²) in [5.74, 6) is 0.182. The van der Waals surface area contributed by atoms with Crippen molar-refractivity contribution < 1.29 is 4.79 Å². The number of rotatable bonds is 2. The van der Waals surface area contributed by atoms with Gasteiger partial charge in [0, 0.05) is 24.0 Å². The molecule has 0 aromatic carbocycles. The van der Waals surface area contributed by atoms with Gasteiger partial charge in [-0.1, -0.05) is 6.07 Å². The summed E-state index contributed by atoms with van der Waals surface area (Å²) in [5, 5.41) is 2.04. The van der Waals surface area contributed by atoms with E-state index in [-0.39, 0.29) is 5.91 Å². The molecule has 3 heterocycles. The number of likely N-dealkylation sites (tertiary alicyclic amines) is 2. The molecule has 0 bridgehead atoms. The van der Waals surface area contributed by atoms with E-state index in [1.165, 1.54) is 32.4 Å². The zero-order valence-electron chi connectivity index (χ0n) is 12.8. The van der Waals surface area contributed by atoms with Crippen molar-refractivity contribution in [1.29, 1.82) is 0 Å². The van der Waals surface area contributed by atoms with E-state index in [1.54, 1.807) is 17.4 Å². The Kier molecular flexibility index (Phi) is 4.45. The highest BCUT2D eigenvalue weighted by Crippen LogP contribution is 2.39. The first kappa shape index (κ1) is 14.8. The van der Waals surface area contributed by atoms with E-state index in [0.717, 1.165) is 24.4 Å². The number of carbonyl (C=O) groups is 1. The molecule has 1 aromatic heterocycles. The Labute approximate surface area is 131 Å². The van der Waals surface area contributed by atoms with E-state index in [4.69, 9.17) is 0 Å². The highest BCUT2D eigenvalue weighted by atomic mass is 32.1. The van der Waals surface area contributed by atoms with E-state index in [0.29, 0.717) is 5.41 Å². The van der Waals surface area contributed by atoms with Crippen LogP contribution in [0.15, 0.2) is 23.6 Å². The molecular formula is C17H24N2OS. The van der Waals surface area contributed by atoms with E-state index in [9.17, 15) is 4.79 Å². The van der Waals surface area contributed by atoms with Gasteiger partial charge in [-0.15, -0.1) is 11.3 Å². The lowest BCUT2D eigenvalue weighted by molar-refractivity contribution is -0.130. The van der Waals surface area contributed by atoms with Crippen LogP contribution in [0.3, 0.4) is 0 Å². The molecular weight excluding hydrogens is 280 g/mol. The molecule has 1 spiro atoms. The molecule has 114 valence electrons. The van der Waals surface area contributed by atoms with Crippen LogP contribution in [0.1, 0.15) is 30.6 Å². The summed E-state index contributed by atoms with van der Waals surface area (Å²) in [6.07, 6.45) is 8.62. The summed E-state index contributed by atoms with van der Waals surface area (Å²) in [7, 11) is 2.20. The third-order valence-electron chi connectivity index (χ3n) is 4.95. The molecule has 1 amide bonds. The van der Waals surface area contributed by atoms with Gasteiger partial charge in [0.2, 0.25) is 5.91 Å². The smallest absolute Gasteiger partial charge is 0.246 e. The van der Waals surface area contributed by atoms with Gasteiger partial charge in [0.05, 0.1) is 0 Å². The van der Waals surface area contributed by atoms with Crippen molar-refractivity contribution >= 4 is 23.3 Å². The summed E-state index contributed by atoms with van der Waals surface area (Å²) in [4.78, 5) is 18.0. The second kappa shape index (κ2) is 6.32. The summed E-state index contributed by atoms with van der Waals surface area (Å²) >= 11 is 1.67. The predicted octanol–water partition coefficient (Wildman–Crippen LogP) is 3.10. The third kappa shape index (κ3) is 3.55. The van der Waals surface area contributed by atoms with Crippen LogP contribution in [0.2, 0.25) is 0 Å². The van der Waals surface area contributed by atoms with Crippen molar-refractivity contribution in [3.63, 3.8) is 0 Å². The Morgan fingerprint density at radius 2 is 2.10 bits per heavy atom. The first-order valence-corrected chi connectivity index (χ1v) is 8.74. The van der Waals surface area contributed by atoms with Gasteiger partial charge in [-0.25, -0.2) is 0 Å². The molecule has 2 aliphatic heterocycles. The zero-order valence-corrected chi connectivity index (χ0v) is 13.6. The Bertz CT molecular complexity index is 501. The highest BCUT2D eigenvalue weighted by molar-refractivity contribution is 7.10. The van der Waals surface area contributed by atoms with Crippen LogP contribution in [0, 0.1) is 5.41 Å². The molecule has 2 fully saturated rings. The van der Waals surface area contributed by atoms with Gasteiger partial charge in [0.1, 0.15) is 0 Å². The van der Waals surface area contributed by atoms with Crippen LogP contribution in [-0.4, -0.2) is 48.9 Å². The number of nitrogens with zero attached hydrogens (tertiary/aromatic N) is 2. The topological polar surface area (TPSA) is 23.6 Å². The van der Waals surface area contributed by atoms with E-state index < -0.39 is 0 Å². The monoisotopic (exact) mass is 304 g/mol. The molecule has 2 saturated heterocycles. The normalized spacial score (nSPS) is 23.0. The predicted molar refractivity (Wildman–Crippen MR) is 88.3 cm³/mol. The molecule has 0 unspecified atom stereocenters. The van der Waals surface area contributed by atoms with Crippen molar-refractivity contribution in [3.05, 3.63) is 28.5 Å². The maximum absolute atomic E-state index is 12.4. The Morgan fingerprint density at radius 3 is 2.81 bits per heavy atom. The average Bonchev–Trinajstić information content (AvgIpc) is 3.02. The molecule has 0 saturated carbocycles. The number of hydrogen-bond donors (Lipinski definition) is 0. The molecule has 3 rings (SSSR count). The Hall–Kier alpha value is -1.13. The largest absolute Gasteiger partial charge is 0.339 e. The van der Waals surface area contributed by atoms with Gasteiger partial charge in [-0.05, 0) is 68.8 Å². The van der Waals surface area contributed by atoms with Crippen LogP contribution in [0.25, 0.3) is 6.08 Å². The van der Waals surface area contributed by atoms with Gasteiger partial charge in [-0.3, -0.25) is 4.79 Å². The third-order valence-corrected chi connectivity index (χ3v) is 5.79. The standard InChI is InChI=1S/C17H24N2OS/c1-18-11-8-17(9-12-18)7-3-10-19(14-17)16(20)6-5-15-4-2-13-21-15/h2,4-6,13H,3,7-12,14H2,1H3/b6-5+. The van der Waals surface area contributed by atoms with Gasteiger partial charge in [0.25, 0.3) is 0 Å². The van der Waals surface area contributed by atoms with Crippen LogP contribution < -0.4 is 0 Å². The van der Waals surface area contributed by atoms with Crippen molar-refractivity contribution in [3.8, 4) is 0 Å². The first-order chi connectivity index (χ1) is 10.2. The number of thiophene rings is 1. The molecule has 3 nitrogen and oxygen atoms in total. The van der Waals surface area contributed by atoms with Crippen LogP contribution in [0.5, 0.6) is 0 Å². The molecule has 0 N–H and O–H groups in total. The summed E-state index contributed by atoms with van der Waals surface area (Å²) in [6.45, 7) is 4.22. The minimum Gasteiger partial charge on any atom is -0.339 e. The lowest BCUT2D eigenvalue weighted by atomic mass is 9.72. The number of amides is 1. The number of hydrogen-bond acceptors (Lipinski definition) is 3. The molecule has 0 aliphatic carbocycles. The van der Waals surface area contributed by atoms with Crippen molar-refractivity contribution in [2.75, 3.05) is 33.2 Å². The van der Waals surface area contributed by atoms with Gasteiger partial charge >= 0.3 is 0 Å². The zero-order chi connectivity index (χ0) is 14.7. The number of carbonyl (C=O) groups excluding carboxylic acids is 1.